The average molecular weight is 353 g/mol. The van der Waals surface area contributed by atoms with Crippen LogP contribution in [0.2, 0.25) is 0 Å². The molecule has 0 atom stereocenters. The summed E-state index contributed by atoms with van der Waals surface area (Å²) in [6, 6.07) is 8.46. The van der Waals surface area contributed by atoms with Gasteiger partial charge in [0.2, 0.25) is 0 Å². The number of nitrogens with one attached hydrogen (secondary N) is 1. The maximum atomic E-state index is 4.19. The van der Waals surface area contributed by atoms with Crippen molar-refractivity contribution in [3.63, 3.8) is 0 Å². The van der Waals surface area contributed by atoms with Gasteiger partial charge in [0.15, 0.2) is 5.70 Å². The van der Waals surface area contributed by atoms with Gasteiger partial charge in [-0.05, 0) is 48.1 Å². The number of fused-ring (bicyclic) bond motifs is 2. The summed E-state index contributed by atoms with van der Waals surface area (Å²) in [6.45, 7) is 1.77. The Balaban J connectivity index is 1.65. The molecule has 0 fully saturated rings. The van der Waals surface area contributed by atoms with Crippen LogP contribution in [0.5, 0.6) is 0 Å². The normalized spacial score (nSPS) is 19.1. The summed E-state index contributed by atoms with van der Waals surface area (Å²) in [5.41, 5.74) is 7.97. The highest BCUT2D eigenvalue weighted by Gasteiger charge is 2.42. The first-order chi connectivity index (χ1) is 13.3. The fourth-order valence-corrected chi connectivity index (χ4v) is 4.28. The second-order valence-corrected chi connectivity index (χ2v) is 7.19. The number of quaternary nitrogens is 1. The van der Waals surface area contributed by atoms with Crippen LogP contribution in [0.4, 0.5) is 0 Å². The van der Waals surface area contributed by atoms with Crippen LogP contribution in [0, 0.1) is 0 Å². The zero-order valence-electron chi connectivity index (χ0n) is 15.0. The van der Waals surface area contributed by atoms with Gasteiger partial charge in [-0.15, -0.1) is 0 Å². The maximum Gasteiger partial charge on any atom is 0.165 e. The lowest BCUT2D eigenvalue weighted by atomic mass is 10.0. The van der Waals surface area contributed by atoms with E-state index in [0.29, 0.717) is 0 Å². The monoisotopic (exact) mass is 353 g/mol. The number of nitrogens with zero attached hydrogens (tertiary/aromatic N) is 3. The number of dihydropyridines is 1. The Kier molecular flexibility index (Phi) is 3.84. The van der Waals surface area contributed by atoms with Crippen LogP contribution in [0.3, 0.4) is 0 Å². The van der Waals surface area contributed by atoms with Crippen LogP contribution >= 0.6 is 0 Å². The minimum atomic E-state index is 0.757. The second kappa shape index (κ2) is 6.49. The van der Waals surface area contributed by atoms with E-state index in [4.69, 9.17) is 0 Å². The SMILES string of the molecule is C1=CNC2=C3C(=CC=C[N+]3(Cc3ccncc3)Cc3ccncc3)CC2=C1. The van der Waals surface area contributed by atoms with E-state index in [9.17, 15) is 0 Å². The lowest BCUT2D eigenvalue weighted by Crippen LogP contribution is -2.42. The molecule has 0 spiro atoms. The molecular formula is C23H21N4+. The minimum Gasteiger partial charge on any atom is -0.357 e. The van der Waals surface area contributed by atoms with Crippen LogP contribution in [0.1, 0.15) is 17.5 Å². The van der Waals surface area contributed by atoms with Crippen LogP contribution in [0.25, 0.3) is 0 Å². The molecule has 0 saturated carbocycles. The lowest BCUT2D eigenvalue weighted by molar-refractivity contribution is -0.867. The van der Waals surface area contributed by atoms with E-state index >= 15 is 0 Å². The van der Waals surface area contributed by atoms with E-state index in [0.717, 1.165) is 24.0 Å². The summed E-state index contributed by atoms with van der Waals surface area (Å²) in [5.74, 6) is 0. The van der Waals surface area contributed by atoms with Crippen molar-refractivity contribution >= 4 is 0 Å². The number of pyridine rings is 2. The molecule has 4 heteroatoms. The van der Waals surface area contributed by atoms with E-state index in [1.807, 2.05) is 31.0 Å². The largest absolute Gasteiger partial charge is 0.357 e. The standard InChI is InChI=1S/C23H21N4/c1-3-20-15-21-4-2-14-27(23(21)22(20)26-9-1,16-18-5-10-24-11-6-18)17-19-7-12-25-13-8-19/h1-14,26H,15-17H2/q+1. The van der Waals surface area contributed by atoms with Crippen molar-refractivity contribution in [2.75, 3.05) is 0 Å². The Morgan fingerprint density at radius 1 is 0.815 bits per heavy atom. The molecule has 1 aliphatic carbocycles. The second-order valence-electron chi connectivity index (χ2n) is 7.19. The quantitative estimate of drug-likeness (QED) is 0.841. The van der Waals surface area contributed by atoms with Crippen LogP contribution in [0.15, 0.2) is 108 Å². The van der Waals surface area contributed by atoms with Gasteiger partial charge in [0.25, 0.3) is 0 Å². The first kappa shape index (κ1) is 16.0. The van der Waals surface area contributed by atoms with E-state index in [1.54, 1.807) is 0 Å². The molecule has 5 rings (SSSR count). The maximum absolute atomic E-state index is 4.19. The third-order valence-corrected chi connectivity index (χ3v) is 5.41. The van der Waals surface area contributed by atoms with Gasteiger partial charge in [-0.1, -0.05) is 6.08 Å². The summed E-state index contributed by atoms with van der Waals surface area (Å²) in [7, 11) is 0. The predicted molar refractivity (Wildman–Crippen MR) is 105 cm³/mol. The van der Waals surface area contributed by atoms with Crippen LogP contribution in [-0.4, -0.2) is 14.5 Å². The van der Waals surface area contributed by atoms with Gasteiger partial charge in [0, 0.05) is 54.1 Å². The minimum absolute atomic E-state index is 0.757. The van der Waals surface area contributed by atoms with Gasteiger partial charge >= 0.3 is 0 Å². The van der Waals surface area contributed by atoms with E-state index in [-0.39, 0.29) is 0 Å². The topological polar surface area (TPSA) is 37.8 Å². The molecule has 0 bridgehead atoms. The summed E-state index contributed by atoms with van der Waals surface area (Å²) in [6.07, 6.45) is 21.6. The Morgan fingerprint density at radius 3 is 2.11 bits per heavy atom. The molecule has 132 valence electrons. The Morgan fingerprint density at radius 2 is 1.44 bits per heavy atom. The van der Waals surface area contributed by atoms with Crippen LogP contribution in [-0.2, 0) is 13.1 Å². The highest BCUT2D eigenvalue weighted by molar-refractivity contribution is 5.56. The zero-order valence-corrected chi connectivity index (χ0v) is 15.0. The first-order valence-electron chi connectivity index (χ1n) is 9.25. The van der Waals surface area contributed by atoms with Crippen LogP contribution < -0.4 is 5.32 Å². The molecule has 2 aliphatic heterocycles. The fourth-order valence-electron chi connectivity index (χ4n) is 4.28. The van der Waals surface area contributed by atoms with Crippen molar-refractivity contribution in [1.82, 2.24) is 15.3 Å². The fraction of sp³-hybridized carbons (Fsp3) is 0.130. The average Bonchev–Trinajstić information content (AvgIpc) is 3.10. The van der Waals surface area contributed by atoms with Crippen molar-refractivity contribution < 1.29 is 4.48 Å². The summed E-state index contributed by atoms with van der Waals surface area (Å²) >= 11 is 0. The summed E-state index contributed by atoms with van der Waals surface area (Å²) in [5, 5.41) is 3.52. The van der Waals surface area contributed by atoms with Gasteiger partial charge in [-0.25, -0.2) is 0 Å². The molecule has 0 saturated heterocycles. The Hall–Kier alpha value is -3.24. The van der Waals surface area contributed by atoms with E-state index in [2.05, 4.69) is 70.1 Å². The van der Waals surface area contributed by atoms with Gasteiger partial charge < -0.3 is 5.32 Å². The van der Waals surface area contributed by atoms with Crippen molar-refractivity contribution in [3.8, 4) is 0 Å². The lowest BCUT2D eigenvalue weighted by Gasteiger charge is -2.38. The van der Waals surface area contributed by atoms with E-state index in [1.165, 1.54) is 33.7 Å². The molecule has 27 heavy (non-hydrogen) atoms. The summed E-state index contributed by atoms with van der Waals surface area (Å²) in [4.78, 5) is 8.38. The molecule has 0 unspecified atom stereocenters. The first-order valence-corrected chi connectivity index (χ1v) is 9.25. The number of rotatable bonds is 4. The highest BCUT2D eigenvalue weighted by Crippen LogP contribution is 2.45. The van der Waals surface area contributed by atoms with Gasteiger partial charge in [-0.2, -0.15) is 0 Å². The van der Waals surface area contributed by atoms with Gasteiger partial charge in [0.05, 0.1) is 0 Å². The van der Waals surface area contributed by atoms with Crippen molar-refractivity contribution in [3.05, 3.63) is 119 Å². The molecule has 1 N–H and O–H groups in total. The zero-order chi connectivity index (χ0) is 18.1. The van der Waals surface area contributed by atoms with Crippen molar-refractivity contribution in [1.29, 1.82) is 0 Å². The third kappa shape index (κ3) is 2.84. The van der Waals surface area contributed by atoms with Crippen molar-refractivity contribution in [2.24, 2.45) is 0 Å². The molecule has 4 nitrogen and oxygen atoms in total. The van der Waals surface area contributed by atoms with Gasteiger partial charge in [0.1, 0.15) is 25.0 Å². The highest BCUT2D eigenvalue weighted by atomic mass is 15.4. The van der Waals surface area contributed by atoms with Crippen molar-refractivity contribution in [2.45, 2.75) is 19.5 Å². The molecule has 0 radical (unpaired) electrons. The smallest absolute Gasteiger partial charge is 0.165 e. The number of hydrogen-bond donors (Lipinski definition) is 1. The molecule has 3 aliphatic rings. The Labute approximate surface area is 159 Å². The summed E-state index contributed by atoms with van der Waals surface area (Å²) < 4.78 is 0.757. The molecule has 2 aromatic heterocycles. The van der Waals surface area contributed by atoms with Gasteiger partial charge in [-0.3, -0.25) is 14.5 Å². The molecule has 0 aromatic carbocycles. The number of aromatic nitrogens is 2. The third-order valence-electron chi connectivity index (χ3n) is 5.41. The Bertz CT molecular complexity index is 969. The molecule has 4 heterocycles. The molecule has 2 aromatic rings. The van der Waals surface area contributed by atoms with E-state index < -0.39 is 0 Å². The molecular weight excluding hydrogens is 332 g/mol. The number of allylic oxidation sites excluding steroid dienone is 6. The molecule has 0 amide bonds. The predicted octanol–water partition coefficient (Wildman–Crippen LogP) is 4.11. The number of hydrogen-bond acceptors (Lipinski definition) is 3.